The molecule has 0 saturated heterocycles. The summed E-state index contributed by atoms with van der Waals surface area (Å²) in [5.74, 6) is -0.701. The lowest BCUT2D eigenvalue weighted by molar-refractivity contribution is -0.0121. The van der Waals surface area contributed by atoms with Crippen LogP contribution in [0.15, 0.2) is 29.2 Å². The van der Waals surface area contributed by atoms with Gasteiger partial charge in [0, 0.05) is 5.56 Å². The highest BCUT2D eigenvalue weighted by atomic mass is 32.2. The molecule has 0 spiro atoms. The zero-order valence-corrected chi connectivity index (χ0v) is 10.9. The van der Waals surface area contributed by atoms with Gasteiger partial charge in [-0.2, -0.15) is 5.26 Å². The highest BCUT2D eigenvalue weighted by molar-refractivity contribution is 7.91. The number of hydrogen-bond donors (Lipinski definition) is 1. The molecule has 0 aliphatic carbocycles. The molecule has 1 N–H and O–H groups in total. The standard InChI is InChI=1S/C13H15NO3S/c1-2-10(9-14)13(15)7-8-18(16,17)12-6-4-3-5-11(12)13/h3-6,10,15H,2,7-8H2,1H3. The number of aliphatic hydroxyl groups is 1. The number of rotatable bonds is 2. The molecular formula is C13H15NO3S. The lowest BCUT2D eigenvalue weighted by atomic mass is 9.78. The van der Waals surface area contributed by atoms with E-state index in [-0.39, 0.29) is 17.1 Å². The van der Waals surface area contributed by atoms with Gasteiger partial charge in [-0.3, -0.25) is 0 Å². The quantitative estimate of drug-likeness (QED) is 0.881. The molecule has 2 atom stereocenters. The third kappa shape index (κ3) is 1.82. The number of fused-ring (bicyclic) bond motifs is 1. The molecule has 0 aromatic heterocycles. The van der Waals surface area contributed by atoms with E-state index in [2.05, 4.69) is 6.07 Å². The maximum Gasteiger partial charge on any atom is 0.178 e. The minimum atomic E-state index is -3.33. The molecule has 1 aromatic carbocycles. The van der Waals surface area contributed by atoms with E-state index in [4.69, 9.17) is 5.26 Å². The molecule has 18 heavy (non-hydrogen) atoms. The van der Waals surface area contributed by atoms with E-state index in [0.717, 1.165) is 0 Å². The highest BCUT2D eigenvalue weighted by Gasteiger charge is 2.45. The number of nitriles is 1. The van der Waals surface area contributed by atoms with E-state index < -0.39 is 21.4 Å². The van der Waals surface area contributed by atoms with Gasteiger partial charge in [0.05, 0.1) is 22.6 Å². The molecule has 1 aliphatic rings. The normalized spacial score (nSPS) is 26.9. The number of hydrogen-bond acceptors (Lipinski definition) is 4. The second-order valence-electron chi connectivity index (χ2n) is 4.58. The average Bonchev–Trinajstić information content (AvgIpc) is 2.37. The highest BCUT2D eigenvalue weighted by Crippen LogP contribution is 2.42. The lowest BCUT2D eigenvalue weighted by Gasteiger charge is -2.37. The van der Waals surface area contributed by atoms with Crippen molar-refractivity contribution in [3.05, 3.63) is 29.8 Å². The molecule has 2 rings (SSSR count). The fourth-order valence-corrected chi connectivity index (χ4v) is 4.19. The van der Waals surface area contributed by atoms with Crippen molar-refractivity contribution in [3.63, 3.8) is 0 Å². The molecular weight excluding hydrogens is 250 g/mol. The molecule has 4 nitrogen and oxygen atoms in total. The van der Waals surface area contributed by atoms with Crippen molar-refractivity contribution >= 4 is 9.84 Å². The zero-order chi connectivity index (χ0) is 13.4. The van der Waals surface area contributed by atoms with Gasteiger partial charge in [-0.15, -0.1) is 0 Å². The Morgan fingerprint density at radius 1 is 1.50 bits per heavy atom. The van der Waals surface area contributed by atoms with E-state index in [0.29, 0.717) is 12.0 Å². The first-order chi connectivity index (χ1) is 8.45. The van der Waals surface area contributed by atoms with Gasteiger partial charge < -0.3 is 5.11 Å². The smallest absolute Gasteiger partial charge is 0.178 e. The fraction of sp³-hybridized carbons (Fsp3) is 0.462. The third-order valence-electron chi connectivity index (χ3n) is 3.58. The summed E-state index contributed by atoms with van der Waals surface area (Å²) in [5, 5.41) is 19.9. The van der Waals surface area contributed by atoms with Crippen LogP contribution in [0.5, 0.6) is 0 Å². The van der Waals surface area contributed by atoms with Crippen LogP contribution in [0.25, 0.3) is 0 Å². The Balaban J connectivity index is 2.66. The summed E-state index contributed by atoms with van der Waals surface area (Å²) in [5.41, 5.74) is -0.990. The summed E-state index contributed by atoms with van der Waals surface area (Å²) in [6.07, 6.45) is 0.569. The minimum Gasteiger partial charge on any atom is -0.384 e. The number of sulfone groups is 1. The Hall–Kier alpha value is -1.38. The van der Waals surface area contributed by atoms with Crippen molar-refractivity contribution in [2.45, 2.75) is 30.3 Å². The van der Waals surface area contributed by atoms with Gasteiger partial charge in [0.1, 0.15) is 5.60 Å². The number of nitrogens with zero attached hydrogens (tertiary/aromatic N) is 1. The maximum absolute atomic E-state index is 12.0. The van der Waals surface area contributed by atoms with E-state index in [1.54, 1.807) is 18.2 Å². The van der Waals surface area contributed by atoms with Crippen molar-refractivity contribution < 1.29 is 13.5 Å². The van der Waals surface area contributed by atoms with Crippen LogP contribution in [0.3, 0.4) is 0 Å². The first kappa shape index (κ1) is 13.1. The van der Waals surface area contributed by atoms with Gasteiger partial charge in [0.2, 0.25) is 0 Å². The summed E-state index contributed by atoms with van der Waals surface area (Å²) in [6.45, 7) is 1.82. The molecule has 0 saturated carbocycles. The summed E-state index contributed by atoms with van der Waals surface area (Å²) in [7, 11) is -3.33. The van der Waals surface area contributed by atoms with Crippen LogP contribution in [-0.2, 0) is 15.4 Å². The Bertz CT molecular complexity index is 603. The van der Waals surface area contributed by atoms with Crippen LogP contribution in [0.1, 0.15) is 25.3 Å². The predicted octanol–water partition coefficient (Wildman–Crippen LogP) is 1.60. The molecule has 0 radical (unpaired) electrons. The molecule has 96 valence electrons. The third-order valence-corrected chi connectivity index (χ3v) is 5.35. The van der Waals surface area contributed by atoms with Gasteiger partial charge in [-0.1, -0.05) is 25.1 Å². The van der Waals surface area contributed by atoms with Crippen molar-refractivity contribution in [2.75, 3.05) is 5.75 Å². The van der Waals surface area contributed by atoms with E-state index in [1.807, 2.05) is 6.92 Å². The van der Waals surface area contributed by atoms with Gasteiger partial charge in [-0.25, -0.2) is 8.42 Å². The van der Waals surface area contributed by atoms with Crippen molar-refractivity contribution in [3.8, 4) is 6.07 Å². The first-order valence-electron chi connectivity index (χ1n) is 5.90. The molecule has 0 amide bonds. The largest absolute Gasteiger partial charge is 0.384 e. The van der Waals surface area contributed by atoms with E-state index >= 15 is 0 Å². The minimum absolute atomic E-state index is 0.0818. The van der Waals surface area contributed by atoms with Crippen LogP contribution >= 0.6 is 0 Å². The van der Waals surface area contributed by atoms with Crippen LogP contribution in [0, 0.1) is 17.2 Å². The molecule has 5 heteroatoms. The second kappa shape index (κ2) is 4.38. The summed E-state index contributed by atoms with van der Waals surface area (Å²) >= 11 is 0. The lowest BCUT2D eigenvalue weighted by Crippen LogP contribution is -2.41. The first-order valence-corrected chi connectivity index (χ1v) is 7.55. The zero-order valence-electron chi connectivity index (χ0n) is 10.1. The summed E-state index contributed by atoms with van der Waals surface area (Å²) in [4.78, 5) is 0.160. The van der Waals surface area contributed by atoms with Crippen LogP contribution < -0.4 is 0 Å². The summed E-state index contributed by atoms with van der Waals surface area (Å²) in [6, 6.07) is 8.51. The van der Waals surface area contributed by atoms with E-state index in [9.17, 15) is 13.5 Å². The Morgan fingerprint density at radius 3 is 2.78 bits per heavy atom. The van der Waals surface area contributed by atoms with Crippen molar-refractivity contribution in [2.24, 2.45) is 5.92 Å². The fourth-order valence-electron chi connectivity index (χ4n) is 2.53. The van der Waals surface area contributed by atoms with Crippen molar-refractivity contribution in [1.82, 2.24) is 0 Å². The Morgan fingerprint density at radius 2 is 2.17 bits per heavy atom. The van der Waals surface area contributed by atoms with Gasteiger partial charge in [0.25, 0.3) is 0 Å². The molecule has 1 aromatic rings. The molecule has 2 unspecified atom stereocenters. The molecule has 1 heterocycles. The van der Waals surface area contributed by atoms with Gasteiger partial charge in [0.15, 0.2) is 9.84 Å². The number of benzene rings is 1. The predicted molar refractivity (Wildman–Crippen MR) is 66.4 cm³/mol. The van der Waals surface area contributed by atoms with E-state index in [1.165, 1.54) is 6.07 Å². The van der Waals surface area contributed by atoms with Crippen LogP contribution in [0.2, 0.25) is 0 Å². The van der Waals surface area contributed by atoms with Crippen LogP contribution in [0.4, 0.5) is 0 Å². The molecule has 0 fully saturated rings. The maximum atomic E-state index is 12.0. The molecule has 0 bridgehead atoms. The average molecular weight is 265 g/mol. The second-order valence-corrected chi connectivity index (χ2v) is 6.66. The Labute approximate surface area is 107 Å². The topological polar surface area (TPSA) is 78.2 Å². The Kier molecular flexibility index (Phi) is 3.18. The summed E-state index contributed by atoms with van der Waals surface area (Å²) < 4.78 is 23.9. The van der Waals surface area contributed by atoms with Gasteiger partial charge >= 0.3 is 0 Å². The molecule has 1 aliphatic heterocycles. The van der Waals surface area contributed by atoms with Gasteiger partial charge in [-0.05, 0) is 18.9 Å². The monoisotopic (exact) mass is 265 g/mol. The SMILES string of the molecule is CCC(C#N)C1(O)CCS(=O)(=O)c2ccccc21. The van der Waals surface area contributed by atoms with Crippen molar-refractivity contribution in [1.29, 1.82) is 5.26 Å². The van der Waals surface area contributed by atoms with Crippen LogP contribution in [-0.4, -0.2) is 19.3 Å².